The standard InChI is InChI=1S/C19H27NO2/c1-7-8-17(18(21)22-6)20-16-10-9-13(2)11-15(16)14(3)12-19(20,4)5/h9-12,17H,7-8H2,1-6H3/t17-/m1/s1. The SMILES string of the molecule is CCC[C@H](C(=O)OC)N1c2ccc(C)cc2C(C)=CC1(C)C. The number of benzene rings is 1. The maximum Gasteiger partial charge on any atom is 0.328 e. The molecule has 1 aliphatic heterocycles. The summed E-state index contributed by atoms with van der Waals surface area (Å²) in [7, 11) is 1.47. The molecule has 0 fully saturated rings. The average Bonchev–Trinajstić information content (AvgIpc) is 2.45. The van der Waals surface area contributed by atoms with Crippen LogP contribution >= 0.6 is 0 Å². The number of ether oxygens (including phenoxy) is 1. The number of carbonyl (C=O) groups excluding carboxylic acids is 1. The van der Waals surface area contributed by atoms with Crippen LogP contribution in [0.1, 0.15) is 51.7 Å². The summed E-state index contributed by atoms with van der Waals surface area (Å²) in [5, 5.41) is 0. The fraction of sp³-hybridized carbons (Fsp3) is 0.526. The van der Waals surface area contributed by atoms with Gasteiger partial charge in [-0.3, -0.25) is 0 Å². The molecule has 3 nitrogen and oxygen atoms in total. The van der Waals surface area contributed by atoms with Crippen LogP contribution in [0.2, 0.25) is 0 Å². The molecule has 1 heterocycles. The molecule has 0 saturated carbocycles. The molecule has 1 aromatic rings. The van der Waals surface area contributed by atoms with Crippen molar-refractivity contribution in [2.24, 2.45) is 0 Å². The van der Waals surface area contributed by atoms with Gasteiger partial charge in [0.05, 0.1) is 12.6 Å². The van der Waals surface area contributed by atoms with Crippen LogP contribution < -0.4 is 4.90 Å². The van der Waals surface area contributed by atoms with E-state index < -0.39 is 0 Å². The van der Waals surface area contributed by atoms with Gasteiger partial charge in [0.15, 0.2) is 0 Å². The highest BCUT2D eigenvalue weighted by Crippen LogP contribution is 2.41. The van der Waals surface area contributed by atoms with Crippen molar-refractivity contribution in [3.8, 4) is 0 Å². The van der Waals surface area contributed by atoms with Gasteiger partial charge in [0.25, 0.3) is 0 Å². The van der Waals surface area contributed by atoms with E-state index in [0.29, 0.717) is 0 Å². The first-order valence-corrected chi connectivity index (χ1v) is 7.99. The van der Waals surface area contributed by atoms with E-state index in [1.54, 1.807) is 0 Å². The molecule has 1 atom stereocenters. The Labute approximate surface area is 134 Å². The summed E-state index contributed by atoms with van der Waals surface area (Å²) in [6, 6.07) is 6.19. The molecule has 0 aromatic heterocycles. The molecule has 22 heavy (non-hydrogen) atoms. The molecule has 120 valence electrons. The lowest BCUT2D eigenvalue weighted by molar-refractivity contribution is -0.142. The van der Waals surface area contributed by atoms with Crippen LogP contribution in [-0.4, -0.2) is 24.7 Å². The second-order valence-electron chi connectivity index (χ2n) is 6.70. The third-order valence-corrected chi connectivity index (χ3v) is 4.37. The molecule has 0 aliphatic carbocycles. The molecule has 0 bridgehead atoms. The van der Waals surface area contributed by atoms with E-state index in [2.05, 4.69) is 63.8 Å². The molecule has 2 rings (SSSR count). The van der Waals surface area contributed by atoms with E-state index >= 15 is 0 Å². The van der Waals surface area contributed by atoms with Crippen LogP contribution in [0, 0.1) is 6.92 Å². The molecule has 1 aliphatic rings. The van der Waals surface area contributed by atoms with Crippen LogP contribution in [0.15, 0.2) is 24.3 Å². The summed E-state index contributed by atoms with van der Waals surface area (Å²) >= 11 is 0. The number of anilines is 1. The van der Waals surface area contributed by atoms with E-state index in [-0.39, 0.29) is 17.6 Å². The number of aryl methyl sites for hydroxylation is 1. The van der Waals surface area contributed by atoms with Crippen molar-refractivity contribution in [1.82, 2.24) is 0 Å². The average molecular weight is 301 g/mol. The van der Waals surface area contributed by atoms with Crippen molar-refractivity contribution in [2.45, 2.75) is 59.0 Å². The number of hydrogen-bond acceptors (Lipinski definition) is 3. The number of carbonyl (C=O) groups is 1. The first kappa shape index (κ1) is 16.6. The molecular formula is C19H27NO2. The summed E-state index contributed by atoms with van der Waals surface area (Å²) in [6.07, 6.45) is 3.98. The third kappa shape index (κ3) is 2.90. The number of hydrogen-bond donors (Lipinski definition) is 0. The van der Waals surface area contributed by atoms with Crippen molar-refractivity contribution in [1.29, 1.82) is 0 Å². The third-order valence-electron chi connectivity index (χ3n) is 4.37. The predicted octanol–water partition coefficient (Wildman–Crippen LogP) is 4.34. The van der Waals surface area contributed by atoms with Crippen LogP contribution in [0.3, 0.4) is 0 Å². The zero-order valence-corrected chi connectivity index (χ0v) is 14.6. The number of nitrogens with zero attached hydrogens (tertiary/aromatic N) is 1. The topological polar surface area (TPSA) is 29.5 Å². The number of rotatable bonds is 4. The Balaban J connectivity index is 2.60. The normalized spacial score (nSPS) is 17.5. The minimum Gasteiger partial charge on any atom is -0.467 e. The zero-order valence-electron chi connectivity index (χ0n) is 14.6. The van der Waals surface area contributed by atoms with Gasteiger partial charge in [-0.15, -0.1) is 0 Å². The van der Waals surface area contributed by atoms with E-state index in [0.717, 1.165) is 18.5 Å². The Kier molecular flexibility index (Phi) is 4.64. The number of allylic oxidation sites excluding steroid dienone is 1. The quantitative estimate of drug-likeness (QED) is 0.775. The Bertz CT molecular complexity index is 601. The first-order chi connectivity index (χ1) is 10.3. The fourth-order valence-corrected chi connectivity index (χ4v) is 3.49. The highest BCUT2D eigenvalue weighted by molar-refractivity contribution is 5.87. The van der Waals surface area contributed by atoms with Gasteiger partial charge in [0.1, 0.15) is 6.04 Å². The summed E-state index contributed by atoms with van der Waals surface area (Å²) in [6.45, 7) is 10.7. The van der Waals surface area contributed by atoms with E-state index in [1.165, 1.54) is 23.8 Å². The van der Waals surface area contributed by atoms with Crippen LogP contribution in [0.4, 0.5) is 5.69 Å². The van der Waals surface area contributed by atoms with Gasteiger partial charge in [-0.1, -0.05) is 31.1 Å². The van der Waals surface area contributed by atoms with Crippen LogP contribution in [-0.2, 0) is 9.53 Å². The number of fused-ring (bicyclic) bond motifs is 1. The lowest BCUT2D eigenvalue weighted by Crippen LogP contribution is -2.54. The Morgan fingerprint density at radius 2 is 2.00 bits per heavy atom. The van der Waals surface area contributed by atoms with Crippen molar-refractivity contribution in [3.63, 3.8) is 0 Å². The molecular weight excluding hydrogens is 274 g/mol. The largest absolute Gasteiger partial charge is 0.467 e. The maximum absolute atomic E-state index is 12.4. The van der Waals surface area contributed by atoms with E-state index in [4.69, 9.17) is 4.74 Å². The highest BCUT2D eigenvalue weighted by atomic mass is 16.5. The van der Waals surface area contributed by atoms with Gasteiger partial charge >= 0.3 is 5.97 Å². The van der Waals surface area contributed by atoms with Gasteiger partial charge in [-0.25, -0.2) is 4.79 Å². The lowest BCUT2D eigenvalue weighted by atomic mass is 9.86. The Morgan fingerprint density at radius 1 is 1.32 bits per heavy atom. The minimum absolute atomic E-state index is 0.158. The monoisotopic (exact) mass is 301 g/mol. The van der Waals surface area contributed by atoms with Crippen LogP contribution in [0.5, 0.6) is 0 Å². The maximum atomic E-state index is 12.4. The van der Waals surface area contributed by atoms with Gasteiger partial charge in [0, 0.05) is 11.3 Å². The number of methoxy groups -OCH3 is 1. The highest BCUT2D eigenvalue weighted by Gasteiger charge is 2.39. The van der Waals surface area contributed by atoms with Gasteiger partial charge in [-0.05, 0) is 51.8 Å². The summed E-state index contributed by atoms with van der Waals surface area (Å²) in [5.41, 5.74) is 4.61. The summed E-state index contributed by atoms with van der Waals surface area (Å²) < 4.78 is 5.08. The predicted molar refractivity (Wildman–Crippen MR) is 92.1 cm³/mol. The van der Waals surface area contributed by atoms with Gasteiger partial charge in [-0.2, -0.15) is 0 Å². The van der Waals surface area contributed by atoms with Crippen molar-refractivity contribution in [2.75, 3.05) is 12.0 Å². The molecule has 0 unspecified atom stereocenters. The fourth-order valence-electron chi connectivity index (χ4n) is 3.49. The van der Waals surface area contributed by atoms with Gasteiger partial charge in [0.2, 0.25) is 0 Å². The minimum atomic E-state index is -0.254. The van der Waals surface area contributed by atoms with Crippen LogP contribution in [0.25, 0.3) is 5.57 Å². The molecule has 0 spiro atoms. The van der Waals surface area contributed by atoms with Crippen molar-refractivity contribution in [3.05, 3.63) is 35.4 Å². The van der Waals surface area contributed by atoms with E-state index in [1.807, 2.05) is 0 Å². The molecule has 0 amide bonds. The molecule has 0 N–H and O–H groups in total. The molecule has 0 radical (unpaired) electrons. The first-order valence-electron chi connectivity index (χ1n) is 7.99. The van der Waals surface area contributed by atoms with Gasteiger partial charge < -0.3 is 9.64 Å². The van der Waals surface area contributed by atoms with Crippen molar-refractivity contribution >= 4 is 17.2 Å². The smallest absolute Gasteiger partial charge is 0.328 e. The second kappa shape index (κ2) is 6.15. The number of esters is 1. The summed E-state index contributed by atoms with van der Waals surface area (Å²) in [5.74, 6) is -0.158. The molecule has 0 saturated heterocycles. The summed E-state index contributed by atoms with van der Waals surface area (Å²) in [4.78, 5) is 14.6. The second-order valence-corrected chi connectivity index (χ2v) is 6.70. The molecule has 1 aromatic carbocycles. The zero-order chi connectivity index (χ0) is 16.5. The lowest BCUT2D eigenvalue weighted by Gasteiger charge is -2.46. The Morgan fingerprint density at radius 3 is 2.59 bits per heavy atom. The molecule has 3 heteroatoms. The Hall–Kier alpha value is -1.77. The van der Waals surface area contributed by atoms with E-state index in [9.17, 15) is 4.79 Å². The van der Waals surface area contributed by atoms with Crippen molar-refractivity contribution < 1.29 is 9.53 Å².